The van der Waals surface area contributed by atoms with Crippen molar-refractivity contribution in [1.29, 1.82) is 0 Å². The highest BCUT2D eigenvalue weighted by molar-refractivity contribution is 5.49. The third-order valence-electron chi connectivity index (χ3n) is 3.35. The lowest BCUT2D eigenvalue weighted by Crippen LogP contribution is -2.36. The molecule has 1 aromatic heterocycles. The van der Waals surface area contributed by atoms with Gasteiger partial charge in [-0.05, 0) is 18.9 Å². The summed E-state index contributed by atoms with van der Waals surface area (Å²) in [5.74, 6) is 1.46. The molecule has 0 aliphatic rings. The van der Waals surface area contributed by atoms with Gasteiger partial charge in [0.2, 0.25) is 0 Å². The zero-order valence-corrected chi connectivity index (χ0v) is 12.5. The lowest BCUT2D eigenvalue weighted by atomic mass is 9.93. The normalized spacial score (nSPS) is 13.5. The standard InChI is InChI=1S/C16H22N4O/c1-3-9-17-14-10-15(19-12-18-14)20-16(2,11-21)13-7-5-4-6-8-13/h4-8,10,12,21H,3,9,11H2,1-2H3,(H2,17,18,19,20). The molecule has 1 heterocycles. The smallest absolute Gasteiger partial charge is 0.132 e. The Kier molecular flexibility index (Phi) is 5.11. The summed E-state index contributed by atoms with van der Waals surface area (Å²) in [5, 5.41) is 16.3. The molecule has 0 radical (unpaired) electrons. The first-order chi connectivity index (χ1) is 10.2. The summed E-state index contributed by atoms with van der Waals surface area (Å²) in [5.41, 5.74) is 0.423. The number of aromatic nitrogens is 2. The summed E-state index contributed by atoms with van der Waals surface area (Å²) in [4.78, 5) is 8.41. The molecule has 0 saturated carbocycles. The molecule has 5 nitrogen and oxygen atoms in total. The predicted octanol–water partition coefficient (Wildman–Crippen LogP) is 2.62. The Morgan fingerprint density at radius 2 is 1.86 bits per heavy atom. The van der Waals surface area contributed by atoms with Crippen molar-refractivity contribution in [2.45, 2.75) is 25.8 Å². The molecule has 0 aliphatic heterocycles. The number of nitrogens with one attached hydrogen (secondary N) is 2. The average molecular weight is 286 g/mol. The minimum atomic E-state index is -0.586. The van der Waals surface area contributed by atoms with Gasteiger partial charge in [-0.1, -0.05) is 37.3 Å². The summed E-state index contributed by atoms with van der Waals surface area (Å²) in [6, 6.07) is 11.7. The van der Waals surface area contributed by atoms with Crippen LogP contribution < -0.4 is 10.6 Å². The average Bonchev–Trinajstić information content (AvgIpc) is 2.54. The van der Waals surface area contributed by atoms with Gasteiger partial charge >= 0.3 is 0 Å². The number of aliphatic hydroxyl groups excluding tert-OH is 1. The summed E-state index contributed by atoms with van der Waals surface area (Å²) in [6.45, 7) is 4.89. The Bertz CT molecular complexity index is 561. The van der Waals surface area contributed by atoms with Crippen molar-refractivity contribution < 1.29 is 5.11 Å². The van der Waals surface area contributed by atoms with Crippen LogP contribution in [-0.4, -0.2) is 28.2 Å². The molecule has 0 aliphatic carbocycles. The molecule has 5 heteroatoms. The molecule has 2 rings (SSSR count). The zero-order chi connectivity index (χ0) is 15.1. The third kappa shape index (κ3) is 3.92. The lowest BCUT2D eigenvalue weighted by Gasteiger charge is -2.30. The van der Waals surface area contributed by atoms with Gasteiger partial charge in [0.05, 0.1) is 12.1 Å². The maximum atomic E-state index is 9.79. The summed E-state index contributed by atoms with van der Waals surface area (Å²) in [6.07, 6.45) is 2.55. The van der Waals surface area contributed by atoms with Crippen molar-refractivity contribution in [1.82, 2.24) is 9.97 Å². The van der Waals surface area contributed by atoms with E-state index in [-0.39, 0.29) is 6.61 Å². The van der Waals surface area contributed by atoms with Crippen molar-refractivity contribution in [3.05, 3.63) is 48.3 Å². The molecule has 0 bridgehead atoms. The highest BCUT2D eigenvalue weighted by Gasteiger charge is 2.25. The molecule has 0 amide bonds. The van der Waals surface area contributed by atoms with Crippen LogP contribution in [0.5, 0.6) is 0 Å². The van der Waals surface area contributed by atoms with Gasteiger partial charge in [0, 0.05) is 12.6 Å². The fourth-order valence-corrected chi connectivity index (χ4v) is 2.07. The van der Waals surface area contributed by atoms with Crippen LogP contribution >= 0.6 is 0 Å². The zero-order valence-electron chi connectivity index (χ0n) is 12.5. The quantitative estimate of drug-likeness (QED) is 0.730. The van der Waals surface area contributed by atoms with Gasteiger partial charge in [-0.2, -0.15) is 0 Å². The van der Waals surface area contributed by atoms with Gasteiger partial charge in [-0.25, -0.2) is 9.97 Å². The molecule has 112 valence electrons. The number of anilines is 2. The van der Waals surface area contributed by atoms with Crippen molar-refractivity contribution in [2.24, 2.45) is 0 Å². The second-order valence-electron chi connectivity index (χ2n) is 5.20. The Hall–Kier alpha value is -2.14. The van der Waals surface area contributed by atoms with E-state index < -0.39 is 5.54 Å². The Balaban J connectivity index is 2.18. The molecular weight excluding hydrogens is 264 g/mol. The number of benzene rings is 1. The fourth-order valence-electron chi connectivity index (χ4n) is 2.07. The molecule has 1 unspecified atom stereocenters. The van der Waals surface area contributed by atoms with Crippen LogP contribution in [-0.2, 0) is 5.54 Å². The van der Waals surface area contributed by atoms with E-state index in [2.05, 4.69) is 27.5 Å². The van der Waals surface area contributed by atoms with Crippen LogP contribution in [0.25, 0.3) is 0 Å². The second-order valence-corrected chi connectivity index (χ2v) is 5.20. The summed E-state index contributed by atoms with van der Waals surface area (Å²) in [7, 11) is 0. The highest BCUT2D eigenvalue weighted by Crippen LogP contribution is 2.25. The first kappa shape index (κ1) is 15.3. The van der Waals surface area contributed by atoms with Gasteiger partial charge < -0.3 is 15.7 Å². The van der Waals surface area contributed by atoms with Crippen LogP contribution in [0.4, 0.5) is 11.6 Å². The van der Waals surface area contributed by atoms with Crippen LogP contribution in [0, 0.1) is 0 Å². The topological polar surface area (TPSA) is 70.1 Å². The minimum Gasteiger partial charge on any atom is -0.394 e. The highest BCUT2D eigenvalue weighted by atomic mass is 16.3. The maximum absolute atomic E-state index is 9.79. The molecule has 21 heavy (non-hydrogen) atoms. The van der Waals surface area contributed by atoms with E-state index in [0.717, 1.165) is 24.3 Å². The van der Waals surface area contributed by atoms with Gasteiger partial charge in [0.15, 0.2) is 0 Å². The SMILES string of the molecule is CCCNc1cc(NC(C)(CO)c2ccccc2)ncn1. The van der Waals surface area contributed by atoms with E-state index >= 15 is 0 Å². The van der Waals surface area contributed by atoms with Crippen LogP contribution in [0.2, 0.25) is 0 Å². The van der Waals surface area contributed by atoms with Crippen LogP contribution in [0.15, 0.2) is 42.7 Å². The fraction of sp³-hybridized carbons (Fsp3) is 0.375. The molecule has 0 spiro atoms. The first-order valence-corrected chi connectivity index (χ1v) is 7.18. The van der Waals surface area contributed by atoms with Gasteiger partial charge in [-0.3, -0.25) is 0 Å². The van der Waals surface area contributed by atoms with Crippen molar-refractivity contribution in [2.75, 3.05) is 23.8 Å². The Labute approximate surface area is 125 Å². The lowest BCUT2D eigenvalue weighted by molar-refractivity contribution is 0.223. The molecule has 1 atom stereocenters. The molecule has 0 saturated heterocycles. The maximum Gasteiger partial charge on any atom is 0.132 e. The minimum absolute atomic E-state index is 0.0290. The number of rotatable bonds is 7. The van der Waals surface area contributed by atoms with E-state index in [1.807, 2.05) is 43.3 Å². The Morgan fingerprint density at radius 1 is 1.14 bits per heavy atom. The van der Waals surface area contributed by atoms with Crippen LogP contribution in [0.3, 0.4) is 0 Å². The van der Waals surface area contributed by atoms with Crippen molar-refractivity contribution >= 4 is 11.6 Å². The summed E-state index contributed by atoms with van der Waals surface area (Å²) >= 11 is 0. The molecule has 0 fully saturated rings. The number of hydrogen-bond acceptors (Lipinski definition) is 5. The Morgan fingerprint density at radius 3 is 2.52 bits per heavy atom. The summed E-state index contributed by atoms with van der Waals surface area (Å²) < 4.78 is 0. The van der Waals surface area contributed by atoms with Crippen molar-refractivity contribution in [3.8, 4) is 0 Å². The van der Waals surface area contributed by atoms with E-state index in [4.69, 9.17) is 0 Å². The van der Waals surface area contributed by atoms with Gasteiger partial charge in [-0.15, -0.1) is 0 Å². The number of aliphatic hydroxyl groups is 1. The predicted molar refractivity (Wildman–Crippen MR) is 85.3 cm³/mol. The largest absolute Gasteiger partial charge is 0.394 e. The van der Waals surface area contributed by atoms with Crippen LogP contribution in [0.1, 0.15) is 25.8 Å². The van der Waals surface area contributed by atoms with Crippen molar-refractivity contribution in [3.63, 3.8) is 0 Å². The van der Waals surface area contributed by atoms with Gasteiger partial charge in [0.1, 0.15) is 18.0 Å². The first-order valence-electron chi connectivity index (χ1n) is 7.18. The second kappa shape index (κ2) is 7.04. The van der Waals surface area contributed by atoms with E-state index in [1.165, 1.54) is 6.33 Å². The van der Waals surface area contributed by atoms with E-state index in [1.54, 1.807) is 0 Å². The molecule has 1 aromatic carbocycles. The van der Waals surface area contributed by atoms with Gasteiger partial charge in [0.25, 0.3) is 0 Å². The molecule has 3 N–H and O–H groups in total. The third-order valence-corrected chi connectivity index (χ3v) is 3.35. The monoisotopic (exact) mass is 286 g/mol. The van der Waals surface area contributed by atoms with E-state index in [0.29, 0.717) is 5.82 Å². The number of hydrogen-bond donors (Lipinski definition) is 3. The molecular formula is C16H22N4O. The van der Waals surface area contributed by atoms with E-state index in [9.17, 15) is 5.11 Å². The number of nitrogens with zero attached hydrogens (tertiary/aromatic N) is 2. The molecule has 2 aromatic rings.